The molecule has 4 aliphatic carbocycles. The molecule has 0 unspecified atom stereocenters. The van der Waals surface area contributed by atoms with Crippen molar-refractivity contribution in [2.45, 2.75) is 64.1 Å². The highest BCUT2D eigenvalue weighted by Gasteiger charge is 2.81. The van der Waals surface area contributed by atoms with E-state index in [1.165, 1.54) is 6.92 Å². The van der Waals surface area contributed by atoms with E-state index in [4.69, 9.17) is 0 Å². The lowest BCUT2D eigenvalue weighted by Crippen LogP contribution is -2.60. The summed E-state index contributed by atoms with van der Waals surface area (Å²) in [6.45, 7) is 2.98. The van der Waals surface area contributed by atoms with Crippen LogP contribution >= 0.6 is 0 Å². The minimum Gasteiger partial charge on any atom is -0.481 e. The Morgan fingerprint density at radius 1 is 0.964 bits per heavy atom. The molecule has 9 atom stereocenters. The number of aliphatic carboxylic acids is 3. The van der Waals surface area contributed by atoms with Crippen LogP contribution in [0, 0.1) is 39.9 Å². The summed E-state index contributed by atoms with van der Waals surface area (Å²) < 4.78 is 0. The van der Waals surface area contributed by atoms with Gasteiger partial charge >= 0.3 is 17.9 Å². The van der Waals surface area contributed by atoms with Gasteiger partial charge in [0.1, 0.15) is 0 Å². The Morgan fingerprint density at radius 2 is 1.61 bits per heavy atom. The number of rotatable bonds is 3. The van der Waals surface area contributed by atoms with Crippen LogP contribution in [0.4, 0.5) is 0 Å². The maximum absolute atomic E-state index is 12.7. The maximum Gasteiger partial charge on any atom is 0.312 e. The Labute approximate surface area is 162 Å². The topological polar surface area (TPSA) is 152 Å². The first-order valence-electron chi connectivity index (χ1n) is 9.95. The third kappa shape index (κ3) is 1.95. The molecule has 2 bridgehead atoms. The van der Waals surface area contributed by atoms with E-state index in [9.17, 15) is 39.9 Å². The van der Waals surface area contributed by atoms with Gasteiger partial charge < -0.3 is 25.5 Å². The monoisotopic (exact) mass is 396 g/mol. The molecule has 1 spiro atoms. The molecular formula is C20H28O8. The van der Waals surface area contributed by atoms with E-state index < -0.39 is 63.6 Å². The van der Waals surface area contributed by atoms with Crippen LogP contribution < -0.4 is 0 Å². The SMILES string of the molecule is C[C@]1(C(=O)O)[C@H]2[C@H](C(=O)O)[C@@]34C[C@@H](CC[C@@H]3[C@]2(C(=O)O)CC[C@@H]1O)[C@](C)(O)C4. The van der Waals surface area contributed by atoms with Gasteiger partial charge in [-0.25, -0.2) is 0 Å². The summed E-state index contributed by atoms with van der Waals surface area (Å²) >= 11 is 0. The number of carbonyl (C=O) groups is 3. The van der Waals surface area contributed by atoms with Crippen molar-refractivity contribution in [2.75, 3.05) is 0 Å². The van der Waals surface area contributed by atoms with Crippen molar-refractivity contribution in [3.05, 3.63) is 0 Å². The molecule has 156 valence electrons. The number of fused-ring (bicyclic) bond motifs is 3. The molecule has 4 aliphatic rings. The van der Waals surface area contributed by atoms with Gasteiger partial charge in [0.05, 0.1) is 28.5 Å². The molecule has 8 heteroatoms. The molecule has 28 heavy (non-hydrogen) atoms. The lowest BCUT2D eigenvalue weighted by molar-refractivity contribution is -0.191. The summed E-state index contributed by atoms with van der Waals surface area (Å²) in [6, 6.07) is 0. The number of hydrogen-bond acceptors (Lipinski definition) is 5. The number of aliphatic hydroxyl groups is 2. The van der Waals surface area contributed by atoms with Crippen molar-refractivity contribution in [1.82, 2.24) is 0 Å². The van der Waals surface area contributed by atoms with Gasteiger partial charge in [0.25, 0.3) is 0 Å². The van der Waals surface area contributed by atoms with Crippen LogP contribution in [0.3, 0.4) is 0 Å². The fraction of sp³-hybridized carbons (Fsp3) is 0.850. The molecule has 0 aromatic heterocycles. The van der Waals surface area contributed by atoms with Crippen LogP contribution in [0.15, 0.2) is 0 Å². The first-order valence-corrected chi connectivity index (χ1v) is 9.95. The van der Waals surface area contributed by atoms with Crippen LogP contribution in [0.25, 0.3) is 0 Å². The predicted octanol–water partition coefficient (Wildman–Crippen LogP) is 1.19. The molecule has 0 aromatic rings. The largest absolute Gasteiger partial charge is 0.481 e. The molecule has 0 aromatic carbocycles. The van der Waals surface area contributed by atoms with Crippen LogP contribution in [-0.4, -0.2) is 55.1 Å². The molecule has 5 N–H and O–H groups in total. The predicted molar refractivity (Wildman–Crippen MR) is 94.2 cm³/mol. The maximum atomic E-state index is 12.7. The molecular weight excluding hydrogens is 368 g/mol. The number of carboxylic acids is 3. The van der Waals surface area contributed by atoms with Crippen LogP contribution in [-0.2, 0) is 14.4 Å². The molecule has 0 heterocycles. The molecule has 8 nitrogen and oxygen atoms in total. The van der Waals surface area contributed by atoms with Crippen molar-refractivity contribution in [3.63, 3.8) is 0 Å². The minimum atomic E-state index is -1.88. The van der Waals surface area contributed by atoms with E-state index >= 15 is 0 Å². The van der Waals surface area contributed by atoms with Crippen molar-refractivity contribution in [1.29, 1.82) is 0 Å². The first-order chi connectivity index (χ1) is 12.9. The van der Waals surface area contributed by atoms with Gasteiger partial charge in [-0.2, -0.15) is 0 Å². The standard InChI is InChI=1S/C20H28O8/c1-17(28)8-19-7-9(17)3-4-10(19)20(16(26)27)6-5-11(21)18(2,15(24)25)13(20)12(19)14(22)23/h9-13,21,28H,3-8H2,1-2H3,(H,22,23)(H,24,25)(H,26,27)/t9-,10+,11+,12-,13-,17-,18-,19-,20-/m1/s1. The van der Waals surface area contributed by atoms with Crippen molar-refractivity contribution in [3.8, 4) is 0 Å². The molecule has 0 radical (unpaired) electrons. The second-order valence-electron chi connectivity index (χ2n) is 10.1. The van der Waals surface area contributed by atoms with Gasteiger partial charge in [0.2, 0.25) is 0 Å². The molecule has 0 saturated heterocycles. The number of carboxylic acid groups (broad SMARTS) is 3. The summed E-state index contributed by atoms with van der Waals surface area (Å²) in [5.41, 5.74) is -5.48. The highest BCUT2D eigenvalue weighted by Crippen LogP contribution is 2.78. The van der Waals surface area contributed by atoms with Gasteiger partial charge in [-0.05, 0) is 69.6 Å². The lowest BCUT2D eigenvalue weighted by atomic mass is 9.51. The number of hydrogen-bond donors (Lipinski definition) is 5. The Bertz CT molecular complexity index is 761. The van der Waals surface area contributed by atoms with Crippen molar-refractivity contribution in [2.24, 2.45) is 39.9 Å². The fourth-order valence-corrected chi connectivity index (χ4v) is 8.11. The second-order valence-corrected chi connectivity index (χ2v) is 10.1. The van der Waals surface area contributed by atoms with Crippen LogP contribution in [0.5, 0.6) is 0 Å². The highest BCUT2D eigenvalue weighted by molar-refractivity contribution is 5.86. The average molecular weight is 396 g/mol. The minimum absolute atomic E-state index is 0.00431. The normalized spacial score (nSPS) is 54.6. The molecule has 4 saturated carbocycles. The van der Waals surface area contributed by atoms with Gasteiger partial charge in [-0.15, -0.1) is 0 Å². The van der Waals surface area contributed by atoms with E-state index in [-0.39, 0.29) is 25.2 Å². The average Bonchev–Trinajstić information content (AvgIpc) is 2.96. The first kappa shape index (κ1) is 19.6. The summed E-state index contributed by atoms with van der Waals surface area (Å²) in [5.74, 6) is -6.89. The Morgan fingerprint density at radius 3 is 2.14 bits per heavy atom. The van der Waals surface area contributed by atoms with Crippen LogP contribution in [0.2, 0.25) is 0 Å². The summed E-state index contributed by atoms with van der Waals surface area (Å²) in [5, 5.41) is 52.2. The second kappa shape index (κ2) is 5.48. The van der Waals surface area contributed by atoms with Gasteiger partial charge in [-0.3, -0.25) is 14.4 Å². The Hall–Kier alpha value is -1.67. The third-order valence-corrected chi connectivity index (χ3v) is 9.12. The Balaban J connectivity index is 2.02. The fourth-order valence-electron chi connectivity index (χ4n) is 8.11. The van der Waals surface area contributed by atoms with Crippen molar-refractivity contribution >= 4 is 17.9 Å². The zero-order valence-corrected chi connectivity index (χ0v) is 16.1. The van der Waals surface area contributed by atoms with E-state index in [0.29, 0.717) is 19.3 Å². The van der Waals surface area contributed by atoms with Gasteiger partial charge in [-0.1, -0.05) is 0 Å². The summed E-state index contributed by atoms with van der Waals surface area (Å²) in [7, 11) is 0. The van der Waals surface area contributed by atoms with E-state index in [1.807, 2.05) is 0 Å². The summed E-state index contributed by atoms with van der Waals surface area (Å²) in [4.78, 5) is 37.5. The van der Waals surface area contributed by atoms with E-state index in [2.05, 4.69) is 0 Å². The van der Waals surface area contributed by atoms with E-state index in [1.54, 1.807) is 6.92 Å². The van der Waals surface area contributed by atoms with Gasteiger partial charge in [0, 0.05) is 5.92 Å². The van der Waals surface area contributed by atoms with Crippen LogP contribution in [0.1, 0.15) is 52.4 Å². The molecule has 4 fully saturated rings. The summed E-state index contributed by atoms with van der Waals surface area (Å²) in [6.07, 6.45) is 0.338. The molecule has 0 aliphatic heterocycles. The molecule has 0 amide bonds. The zero-order valence-electron chi connectivity index (χ0n) is 16.1. The highest BCUT2D eigenvalue weighted by atomic mass is 16.4. The molecule has 4 rings (SSSR count). The Kier molecular flexibility index (Phi) is 3.84. The van der Waals surface area contributed by atoms with Crippen molar-refractivity contribution < 1.29 is 39.9 Å². The van der Waals surface area contributed by atoms with E-state index in [0.717, 1.165) is 0 Å². The van der Waals surface area contributed by atoms with Gasteiger partial charge in [0.15, 0.2) is 0 Å². The third-order valence-electron chi connectivity index (χ3n) is 9.12. The number of aliphatic hydroxyl groups excluding tert-OH is 1. The quantitative estimate of drug-likeness (QED) is 0.477. The smallest absolute Gasteiger partial charge is 0.312 e. The lowest BCUT2D eigenvalue weighted by Gasteiger charge is -2.51. The zero-order chi connectivity index (χ0) is 20.9.